The zero-order valence-electron chi connectivity index (χ0n) is 11.8. The van der Waals surface area contributed by atoms with Crippen LogP contribution >= 0.6 is 0 Å². The summed E-state index contributed by atoms with van der Waals surface area (Å²) in [7, 11) is 0. The highest BCUT2D eigenvalue weighted by Crippen LogP contribution is 2.37. The fraction of sp³-hybridized carbons (Fsp3) is 0.312. The third-order valence-corrected chi connectivity index (χ3v) is 3.84. The molecule has 0 bridgehead atoms. The summed E-state index contributed by atoms with van der Waals surface area (Å²) in [6, 6.07) is 7.62. The molecule has 2 N–H and O–H groups in total. The van der Waals surface area contributed by atoms with E-state index in [1.165, 1.54) is 18.3 Å². The van der Waals surface area contributed by atoms with Crippen molar-refractivity contribution in [3.63, 3.8) is 0 Å². The Labute approximate surface area is 127 Å². The molecule has 1 unspecified atom stereocenters. The second-order valence-electron chi connectivity index (χ2n) is 5.44. The molecule has 5 nitrogen and oxygen atoms in total. The Morgan fingerprint density at radius 1 is 1.36 bits per heavy atom. The minimum Gasteiger partial charge on any atom is -0.394 e. The summed E-state index contributed by atoms with van der Waals surface area (Å²) in [6.07, 6.45) is 5.02. The molecule has 1 saturated carbocycles. The Morgan fingerprint density at radius 2 is 2.14 bits per heavy atom. The van der Waals surface area contributed by atoms with Crippen molar-refractivity contribution in [2.45, 2.75) is 24.3 Å². The van der Waals surface area contributed by atoms with E-state index in [1.54, 1.807) is 18.2 Å². The normalized spacial score (nSPS) is 16.8. The SMILES string of the molecule is O=[C]C(c1ccnc(NC2(CO)CC2)n1)c1ccccc1F. The zero-order valence-corrected chi connectivity index (χ0v) is 11.8. The molecule has 0 saturated heterocycles. The van der Waals surface area contributed by atoms with E-state index in [2.05, 4.69) is 15.3 Å². The van der Waals surface area contributed by atoms with Gasteiger partial charge in [0.2, 0.25) is 12.2 Å². The summed E-state index contributed by atoms with van der Waals surface area (Å²) < 4.78 is 13.9. The average molecular weight is 300 g/mol. The van der Waals surface area contributed by atoms with Crippen LogP contribution in [0.1, 0.15) is 30.0 Å². The Hall–Kier alpha value is -2.34. The molecule has 113 valence electrons. The second-order valence-corrected chi connectivity index (χ2v) is 5.44. The van der Waals surface area contributed by atoms with Crippen LogP contribution in [0.5, 0.6) is 0 Å². The fourth-order valence-corrected chi connectivity index (χ4v) is 2.30. The maximum absolute atomic E-state index is 13.9. The first-order valence-corrected chi connectivity index (χ1v) is 7.01. The molecule has 2 aromatic rings. The van der Waals surface area contributed by atoms with Crippen molar-refractivity contribution in [2.24, 2.45) is 0 Å². The zero-order chi connectivity index (χ0) is 15.6. The van der Waals surface area contributed by atoms with E-state index in [0.717, 1.165) is 12.8 Å². The van der Waals surface area contributed by atoms with Crippen molar-refractivity contribution < 1.29 is 14.3 Å². The lowest BCUT2D eigenvalue weighted by atomic mass is 9.96. The number of hydrogen-bond donors (Lipinski definition) is 2. The molecule has 1 heterocycles. The van der Waals surface area contributed by atoms with Crippen molar-refractivity contribution in [1.29, 1.82) is 0 Å². The maximum Gasteiger partial charge on any atom is 0.223 e. The van der Waals surface area contributed by atoms with Gasteiger partial charge in [-0.3, -0.25) is 4.79 Å². The Balaban J connectivity index is 1.90. The second kappa shape index (κ2) is 5.81. The quantitative estimate of drug-likeness (QED) is 0.851. The van der Waals surface area contributed by atoms with Gasteiger partial charge < -0.3 is 10.4 Å². The van der Waals surface area contributed by atoms with Crippen LogP contribution < -0.4 is 5.32 Å². The van der Waals surface area contributed by atoms with Gasteiger partial charge in [0.05, 0.1) is 23.8 Å². The van der Waals surface area contributed by atoms with Gasteiger partial charge in [-0.25, -0.2) is 14.4 Å². The van der Waals surface area contributed by atoms with E-state index in [4.69, 9.17) is 0 Å². The van der Waals surface area contributed by atoms with Gasteiger partial charge >= 0.3 is 0 Å². The van der Waals surface area contributed by atoms with Crippen molar-refractivity contribution in [3.05, 3.63) is 53.6 Å². The number of aliphatic hydroxyl groups excluding tert-OH is 1. The van der Waals surface area contributed by atoms with E-state index in [-0.39, 0.29) is 17.7 Å². The summed E-state index contributed by atoms with van der Waals surface area (Å²) in [5.41, 5.74) is 0.230. The summed E-state index contributed by atoms with van der Waals surface area (Å²) in [5, 5.41) is 12.4. The van der Waals surface area contributed by atoms with Crippen molar-refractivity contribution in [1.82, 2.24) is 9.97 Å². The smallest absolute Gasteiger partial charge is 0.223 e. The number of anilines is 1. The van der Waals surface area contributed by atoms with Crippen LogP contribution in [-0.2, 0) is 4.79 Å². The molecule has 1 atom stereocenters. The number of benzene rings is 1. The van der Waals surface area contributed by atoms with Gasteiger partial charge in [0.15, 0.2) is 0 Å². The van der Waals surface area contributed by atoms with Gasteiger partial charge in [0, 0.05) is 11.8 Å². The topological polar surface area (TPSA) is 75.1 Å². The Bertz CT molecular complexity index is 689. The van der Waals surface area contributed by atoms with Crippen molar-refractivity contribution >= 4 is 12.2 Å². The number of nitrogens with zero attached hydrogens (tertiary/aromatic N) is 2. The van der Waals surface area contributed by atoms with Crippen LogP contribution in [0.4, 0.5) is 10.3 Å². The standard InChI is InChI=1S/C16H15FN3O2/c17-13-4-2-1-3-11(13)12(9-21)14-5-8-18-15(19-14)20-16(10-22)6-7-16/h1-5,8,12,22H,6-7,10H2,(H,18,19,20). The molecule has 22 heavy (non-hydrogen) atoms. The van der Waals surface area contributed by atoms with Gasteiger partial charge in [-0.1, -0.05) is 18.2 Å². The molecule has 1 radical (unpaired) electrons. The predicted molar refractivity (Wildman–Crippen MR) is 78.6 cm³/mol. The molecule has 0 spiro atoms. The molecule has 1 aromatic heterocycles. The van der Waals surface area contributed by atoms with Gasteiger partial charge in [-0.05, 0) is 25.0 Å². The maximum atomic E-state index is 13.9. The predicted octanol–water partition coefficient (Wildman–Crippen LogP) is 1.79. The van der Waals surface area contributed by atoms with E-state index < -0.39 is 11.7 Å². The van der Waals surface area contributed by atoms with Gasteiger partial charge in [-0.2, -0.15) is 0 Å². The van der Waals surface area contributed by atoms with Crippen LogP contribution in [0.3, 0.4) is 0 Å². The molecule has 1 aliphatic rings. The van der Waals surface area contributed by atoms with Crippen LogP contribution in [0.15, 0.2) is 36.5 Å². The molecule has 1 fully saturated rings. The Kier molecular flexibility index (Phi) is 3.85. The van der Waals surface area contributed by atoms with Gasteiger partial charge in [-0.15, -0.1) is 0 Å². The van der Waals surface area contributed by atoms with Crippen molar-refractivity contribution in [3.8, 4) is 0 Å². The molecule has 1 aromatic carbocycles. The van der Waals surface area contributed by atoms with Crippen LogP contribution in [0.2, 0.25) is 0 Å². The number of halogens is 1. The molecule has 3 rings (SSSR count). The highest BCUT2D eigenvalue weighted by atomic mass is 19.1. The lowest BCUT2D eigenvalue weighted by molar-refractivity contribution is 0.265. The van der Waals surface area contributed by atoms with Gasteiger partial charge in [0.25, 0.3) is 0 Å². The molecule has 0 amide bonds. The highest BCUT2D eigenvalue weighted by Gasteiger charge is 2.42. The van der Waals surface area contributed by atoms with Crippen LogP contribution in [-0.4, -0.2) is 33.5 Å². The molecular weight excluding hydrogens is 285 g/mol. The number of rotatable bonds is 6. The molecule has 1 aliphatic carbocycles. The third-order valence-electron chi connectivity index (χ3n) is 3.84. The Morgan fingerprint density at radius 3 is 2.77 bits per heavy atom. The number of aliphatic hydroxyl groups is 1. The van der Waals surface area contributed by atoms with E-state index >= 15 is 0 Å². The van der Waals surface area contributed by atoms with E-state index in [0.29, 0.717) is 11.6 Å². The van der Waals surface area contributed by atoms with E-state index in [1.807, 2.05) is 6.29 Å². The minimum absolute atomic E-state index is 0.00284. The number of aromatic nitrogens is 2. The summed E-state index contributed by atoms with van der Waals surface area (Å²) in [4.78, 5) is 19.7. The van der Waals surface area contributed by atoms with Crippen molar-refractivity contribution in [2.75, 3.05) is 11.9 Å². The molecule has 6 heteroatoms. The first kappa shape index (κ1) is 14.6. The molecule has 0 aliphatic heterocycles. The first-order valence-electron chi connectivity index (χ1n) is 7.01. The highest BCUT2D eigenvalue weighted by molar-refractivity contribution is 5.68. The largest absolute Gasteiger partial charge is 0.394 e. The number of hydrogen-bond acceptors (Lipinski definition) is 5. The van der Waals surface area contributed by atoms with E-state index in [9.17, 15) is 14.3 Å². The van der Waals surface area contributed by atoms with Gasteiger partial charge in [0.1, 0.15) is 5.82 Å². The minimum atomic E-state index is -0.908. The fourth-order valence-electron chi connectivity index (χ4n) is 2.30. The van der Waals surface area contributed by atoms with Crippen LogP contribution in [0.25, 0.3) is 0 Å². The summed E-state index contributed by atoms with van der Waals surface area (Å²) >= 11 is 0. The average Bonchev–Trinajstić information content (AvgIpc) is 3.30. The number of nitrogens with one attached hydrogen (secondary N) is 1. The summed E-state index contributed by atoms with van der Waals surface area (Å²) in [5.74, 6) is -1.06. The lowest BCUT2D eigenvalue weighted by Gasteiger charge is -2.16. The monoisotopic (exact) mass is 300 g/mol. The third kappa shape index (κ3) is 2.82. The lowest BCUT2D eigenvalue weighted by Crippen LogP contribution is -2.27. The molecular formula is C16H15FN3O2. The summed E-state index contributed by atoms with van der Waals surface area (Å²) in [6.45, 7) is -0.00284. The number of carbonyl (C=O) groups excluding carboxylic acids is 1. The van der Waals surface area contributed by atoms with Crippen LogP contribution in [0, 0.1) is 5.82 Å². The first-order chi connectivity index (χ1) is 10.7.